The summed E-state index contributed by atoms with van der Waals surface area (Å²) in [7, 11) is 0. The maximum atomic E-state index is 11.2. The normalized spacial score (nSPS) is 15.2. The lowest BCUT2D eigenvalue weighted by Crippen LogP contribution is -2.28. The van der Waals surface area contributed by atoms with E-state index in [9.17, 15) is 9.59 Å². The maximum Gasteiger partial charge on any atom is 0.314 e. The van der Waals surface area contributed by atoms with Crippen LogP contribution in [-0.4, -0.2) is 16.0 Å². The molecular weight excluding hydrogens is 206 g/mol. The number of anilines is 1. The second-order valence-corrected chi connectivity index (χ2v) is 4.09. The molecule has 1 aromatic heterocycles. The average Bonchev–Trinajstić information content (AvgIpc) is 3.04. The van der Waals surface area contributed by atoms with Crippen LogP contribution in [0, 0.1) is 0 Å². The third-order valence-electron chi connectivity index (χ3n) is 2.67. The molecule has 1 aromatic carbocycles. The zero-order valence-corrected chi connectivity index (χ0v) is 8.54. The van der Waals surface area contributed by atoms with Crippen molar-refractivity contribution in [2.24, 2.45) is 0 Å². The standard InChI is InChI=1S/C11H11N3O2/c15-10-11(16)14-9-5-7(12-6-1-2-6)3-4-8(9)13-10/h3-6,12H,1-2H2,(H,13,15)(H,14,16). The highest BCUT2D eigenvalue weighted by atomic mass is 16.2. The van der Waals surface area contributed by atoms with Gasteiger partial charge in [0.25, 0.3) is 0 Å². The molecule has 3 N–H and O–H groups in total. The number of hydrogen-bond donors (Lipinski definition) is 3. The Hall–Kier alpha value is -2.04. The van der Waals surface area contributed by atoms with Gasteiger partial charge in [-0.1, -0.05) is 0 Å². The van der Waals surface area contributed by atoms with Crippen molar-refractivity contribution in [2.45, 2.75) is 18.9 Å². The van der Waals surface area contributed by atoms with Gasteiger partial charge < -0.3 is 15.3 Å². The highest BCUT2D eigenvalue weighted by Crippen LogP contribution is 2.25. The molecule has 0 radical (unpaired) electrons. The van der Waals surface area contributed by atoms with E-state index in [1.165, 1.54) is 12.8 Å². The van der Waals surface area contributed by atoms with Crippen molar-refractivity contribution in [1.29, 1.82) is 0 Å². The first-order valence-corrected chi connectivity index (χ1v) is 5.25. The number of H-pyrrole nitrogens is 2. The van der Waals surface area contributed by atoms with Gasteiger partial charge in [0.05, 0.1) is 11.0 Å². The van der Waals surface area contributed by atoms with Crippen molar-refractivity contribution in [3.63, 3.8) is 0 Å². The molecule has 0 spiro atoms. The third kappa shape index (κ3) is 1.60. The summed E-state index contributed by atoms with van der Waals surface area (Å²) >= 11 is 0. The fourth-order valence-corrected chi connectivity index (χ4v) is 1.67. The van der Waals surface area contributed by atoms with Gasteiger partial charge in [-0.25, -0.2) is 0 Å². The molecule has 16 heavy (non-hydrogen) atoms. The number of fused-ring (bicyclic) bond motifs is 1. The van der Waals surface area contributed by atoms with Gasteiger partial charge in [-0.15, -0.1) is 0 Å². The van der Waals surface area contributed by atoms with Crippen molar-refractivity contribution in [3.05, 3.63) is 38.9 Å². The van der Waals surface area contributed by atoms with Crippen LogP contribution in [0.15, 0.2) is 27.8 Å². The maximum absolute atomic E-state index is 11.2. The van der Waals surface area contributed by atoms with E-state index in [0.29, 0.717) is 17.1 Å². The Morgan fingerprint density at radius 1 is 1.06 bits per heavy atom. The second-order valence-electron chi connectivity index (χ2n) is 4.09. The lowest BCUT2D eigenvalue weighted by atomic mass is 10.2. The Kier molecular flexibility index (Phi) is 1.86. The SMILES string of the molecule is O=c1[nH]c2ccc(NC3CC3)cc2[nH]c1=O. The minimum atomic E-state index is -0.615. The number of aromatic nitrogens is 2. The number of rotatable bonds is 2. The Bertz CT molecular complexity index is 652. The summed E-state index contributed by atoms with van der Waals surface area (Å²) in [4.78, 5) is 27.3. The van der Waals surface area contributed by atoms with Gasteiger partial charge in [0.1, 0.15) is 0 Å². The van der Waals surface area contributed by atoms with Gasteiger partial charge in [0.15, 0.2) is 0 Å². The number of hydrogen-bond acceptors (Lipinski definition) is 3. The molecule has 82 valence electrons. The van der Waals surface area contributed by atoms with E-state index < -0.39 is 11.1 Å². The summed E-state index contributed by atoms with van der Waals surface area (Å²) in [5, 5.41) is 3.33. The van der Waals surface area contributed by atoms with Crippen LogP contribution in [0.1, 0.15) is 12.8 Å². The van der Waals surface area contributed by atoms with Crippen molar-refractivity contribution in [1.82, 2.24) is 9.97 Å². The molecule has 1 aliphatic rings. The summed E-state index contributed by atoms with van der Waals surface area (Å²) in [5.41, 5.74) is 1.03. The first kappa shape index (κ1) is 9.21. The van der Waals surface area contributed by atoms with Crippen LogP contribution in [0.3, 0.4) is 0 Å². The summed E-state index contributed by atoms with van der Waals surface area (Å²) < 4.78 is 0. The summed E-state index contributed by atoms with van der Waals surface area (Å²) in [6, 6.07) is 6.09. The first-order chi connectivity index (χ1) is 7.72. The average molecular weight is 217 g/mol. The van der Waals surface area contributed by atoms with E-state index in [1.807, 2.05) is 12.1 Å². The highest BCUT2D eigenvalue weighted by molar-refractivity contribution is 5.78. The van der Waals surface area contributed by atoms with Crippen LogP contribution < -0.4 is 16.4 Å². The Balaban J connectivity index is 2.12. The van der Waals surface area contributed by atoms with Crippen LogP contribution in [0.2, 0.25) is 0 Å². The van der Waals surface area contributed by atoms with Crippen molar-refractivity contribution < 1.29 is 0 Å². The zero-order chi connectivity index (χ0) is 11.1. The number of benzene rings is 1. The quantitative estimate of drug-likeness (QED) is 0.651. The number of aromatic amines is 2. The Morgan fingerprint density at radius 2 is 1.75 bits per heavy atom. The molecular formula is C11H11N3O2. The molecule has 1 heterocycles. The molecule has 0 bridgehead atoms. The molecule has 2 aromatic rings. The lowest BCUT2D eigenvalue weighted by molar-refractivity contribution is 1.13. The zero-order valence-electron chi connectivity index (χ0n) is 8.54. The van der Waals surface area contributed by atoms with Crippen LogP contribution in [0.4, 0.5) is 5.69 Å². The molecule has 0 aliphatic heterocycles. The minimum absolute atomic E-state index is 0.562. The van der Waals surface area contributed by atoms with Crippen LogP contribution in [0.5, 0.6) is 0 Å². The fourth-order valence-electron chi connectivity index (χ4n) is 1.67. The Labute approximate surface area is 90.5 Å². The van der Waals surface area contributed by atoms with E-state index in [1.54, 1.807) is 6.07 Å². The molecule has 1 aliphatic carbocycles. The molecule has 1 fully saturated rings. The molecule has 1 saturated carbocycles. The molecule has 0 atom stereocenters. The number of nitrogens with one attached hydrogen (secondary N) is 3. The van der Waals surface area contributed by atoms with Gasteiger partial charge >= 0.3 is 11.1 Å². The monoisotopic (exact) mass is 217 g/mol. The Morgan fingerprint density at radius 3 is 2.44 bits per heavy atom. The third-order valence-corrected chi connectivity index (χ3v) is 2.67. The van der Waals surface area contributed by atoms with Gasteiger partial charge in [-0.05, 0) is 31.0 Å². The highest BCUT2D eigenvalue weighted by Gasteiger charge is 2.20. The van der Waals surface area contributed by atoms with Gasteiger partial charge in [0, 0.05) is 11.7 Å². The summed E-state index contributed by atoms with van der Waals surface area (Å²) in [5.74, 6) is 0. The largest absolute Gasteiger partial charge is 0.382 e. The van der Waals surface area contributed by atoms with Gasteiger partial charge in [-0.3, -0.25) is 9.59 Å². The molecule has 0 saturated heterocycles. The predicted molar refractivity (Wildman–Crippen MR) is 61.8 cm³/mol. The molecule has 0 amide bonds. The van der Waals surface area contributed by atoms with Crippen LogP contribution in [0.25, 0.3) is 11.0 Å². The van der Waals surface area contributed by atoms with E-state index >= 15 is 0 Å². The lowest BCUT2D eigenvalue weighted by Gasteiger charge is -2.05. The summed E-state index contributed by atoms with van der Waals surface area (Å²) in [6.07, 6.45) is 2.39. The summed E-state index contributed by atoms with van der Waals surface area (Å²) in [6.45, 7) is 0. The molecule has 0 unspecified atom stereocenters. The van der Waals surface area contributed by atoms with E-state index in [4.69, 9.17) is 0 Å². The smallest absolute Gasteiger partial charge is 0.314 e. The topological polar surface area (TPSA) is 77.8 Å². The van der Waals surface area contributed by atoms with E-state index in [0.717, 1.165) is 5.69 Å². The molecule has 5 heteroatoms. The van der Waals surface area contributed by atoms with Crippen LogP contribution >= 0.6 is 0 Å². The van der Waals surface area contributed by atoms with Crippen molar-refractivity contribution >= 4 is 16.7 Å². The van der Waals surface area contributed by atoms with Crippen molar-refractivity contribution in [2.75, 3.05) is 5.32 Å². The molecule has 5 nitrogen and oxygen atoms in total. The van der Waals surface area contributed by atoms with Gasteiger partial charge in [0.2, 0.25) is 0 Å². The van der Waals surface area contributed by atoms with Gasteiger partial charge in [-0.2, -0.15) is 0 Å². The van der Waals surface area contributed by atoms with Crippen LogP contribution in [-0.2, 0) is 0 Å². The fraction of sp³-hybridized carbons (Fsp3) is 0.273. The van der Waals surface area contributed by atoms with Crippen molar-refractivity contribution in [3.8, 4) is 0 Å². The predicted octanol–water partition coefficient (Wildman–Crippen LogP) is 0.791. The first-order valence-electron chi connectivity index (χ1n) is 5.25. The van der Waals surface area contributed by atoms with E-state index in [2.05, 4.69) is 15.3 Å². The van der Waals surface area contributed by atoms with E-state index in [-0.39, 0.29) is 0 Å². The second kappa shape index (κ2) is 3.23. The minimum Gasteiger partial charge on any atom is -0.382 e. The molecule has 3 rings (SSSR count).